The molecular weight excluding hydrogens is 416 g/mol. The maximum absolute atomic E-state index is 12.5. The molecule has 2 heterocycles. The van der Waals surface area contributed by atoms with E-state index in [0.29, 0.717) is 27.9 Å². The van der Waals surface area contributed by atoms with Crippen LogP contribution in [0.1, 0.15) is 28.1 Å². The first kappa shape index (κ1) is 20.2. The maximum atomic E-state index is 12.5. The molecule has 144 valence electrons. The molecule has 0 saturated carbocycles. The topological polar surface area (TPSA) is 89.5 Å². The number of thiocarbonyl (C=S) groups is 1. The van der Waals surface area contributed by atoms with Crippen LogP contribution >= 0.6 is 35.3 Å². The fraction of sp³-hybridized carbons (Fsp3) is 0.158. The summed E-state index contributed by atoms with van der Waals surface area (Å²) in [5, 5.41) is 15.4. The molecule has 0 radical (unpaired) electrons. The highest BCUT2D eigenvalue weighted by molar-refractivity contribution is 8.26. The van der Waals surface area contributed by atoms with Gasteiger partial charge in [0.15, 0.2) is 0 Å². The Bertz CT molecular complexity index is 937. The molecule has 1 aliphatic heterocycles. The normalized spacial score (nSPS) is 15.3. The van der Waals surface area contributed by atoms with E-state index in [1.54, 1.807) is 11.3 Å². The molecule has 2 amide bonds. The Hall–Kier alpha value is -2.49. The van der Waals surface area contributed by atoms with Gasteiger partial charge < -0.3 is 15.2 Å². The Balaban J connectivity index is 1.49. The van der Waals surface area contributed by atoms with Crippen LogP contribution in [0.4, 0.5) is 5.69 Å². The van der Waals surface area contributed by atoms with E-state index in [-0.39, 0.29) is 23.8 Å². The van der Waals surface area contributed by atoms with Crippen LogP contribution in [-0.4, -0.2) is 33.5 Å². The number of thiophene rings is 1. The van der Waals surface area contributed by atoms with Gasteiger partial charge in [0.2, 0.25) is 5.91 Å². The van der Waals surface area contributed by atoms with Gasteiger partial charge in [-0.3, -0.25) is 14.5 Å². The maximum Gasteiger partial charge on any atom is 0.266 e. The smallest absolute Gasteiger partial charge is 0.266 e. The quantitative estimate of drug-likeness (QED) is 0.536. The van der Waals surface area contributed by atoms with Gasteiger partial charge in [-0.2, -0.15) is 0 Å². The Morgan fingerprint density at radius 3 is 2.61 bits per heavy atom. The Morgan fingerprint density at radius 1 is 1.21 bits per heavy atom. The van der Waals surface area contributed by atoms with Gasteiger partial charge in [0.05, 0.1) is 10.9 Å². The van der Waals surface area contributed by atoms with Crippen LogP contribution in [0.2, 0.25) is 0 Å². The summed E-state index contributed by atoms with van der Waals surface area (Å²) in [4.78, 5) is 38.4. The van der Waals surface area contributed by atoms with Gasteiger partial charge in [0.25, 0.3) is 5.91 Å². The van der Waals surface area contributed by atoms with E-state index in [2.05, 4.69) is 5.32 Å². The number of carboxylic acid groups (broad SMARTS) is 1. The number of hydrogen-bond acceptors (Lipinski definition) is 7. The van der Waals surface area contributed by atoms with Crippen molar-refractivity contribution in [3.05, 3.63) is 57.1 Å². The minimum Gasteiger partial charge on any atom is -0.545 e. The van der Waals surface area contributed by atoms with Gasteiger partial charge in [-0.1, -0.05) is 42.2 Å². The summed E-state index contributed by atoms with van der Waals surface area (Å²) < 4.78 is 0.492. The van der Waals surface area contributed by atoms with Crippen LogP contribution in [0, 0.1) is 0 Å². The molecule has 1 aromatic carbocycles. The molecule has 0 unspecified atom stereocenters. The van der Waals surface area contributed by atoms with Gasteiger partial charge in [-0.25, -0.2) is 0 Å². The molecular formula is C19H15N2O4S3-. The molecule has 0 spiro atoms. The highest BCUT2D eigenvalue weighted by atomic mass is 32.2. The number of carboxylic acids is 1. The molecule has 0 atom stereocenters. The molecule has 2 aromatic rings. The highest BCUT2D eigenvalue weighted by Crippen LogP contribution is 2.33. The van der Waals surface area contributed by atoms with Crippen molar-refractivity contribution in [2.45, 2.75) is 12.8 Å². The average Bonchev–Trinajstić information content (AvgIpc) is 3.26. The van der Waals surface area contributed by atoms with Crippen LogP contribution in [0.15, 0.2) is 46.7 Å². The zero-order valence-electron chi connectivity index (χ0n) is 14.5. The Labute approximate surface area is 175 Å². The summed E-state index contributed by atoms with van der Waals surface area (Å²) in [7, 11) is 0. The van der Waals surface area contributed by atoms with Crippen molar-refractivity contribution in [2.75, 3.05) is 11.9 Å². The molecule has 0 aliphatic carbocycles. The van der Waals surface area contributed by atoms with Gasteiger partial charge >= 0.3 is 0 Å². The van der Waals surface area contributed by atoms with E-state index in [9.17, 15) is 19.5 Å². The van der Waals surface area contributed by atoms with Crippen molar-refractivity contribution in [3.8, 4) is 0 Å². The van der Waals surface area contributed by atoms with Gasteiger partial charge in [-0.05, 0) is 41.6 Å². The first-order valence-electron chi connectivity index (χ1n) is 8.34. The lowest BCUT2D eigenvalue weighted by Crippen LogP contribution is -2.29. The van der Waals surface area contributed by atoms with Crippen molar-refractivity contribution in [1.82, 2.24) is 4.90 Å². The monoisotopic (exact) mass is 431 g/mol. The van der Waals surface area contributed by atoms with E-state index in [1.807, 2.05) is 23.6 Å². The number of amides is 2. The third-order valence-electron chi connectivity index (χ3n) is 3.88. The minimum absolute atomic E-state index is 0.0444. The molecule has 9 heteroatoms. The average molecular weight is 432 g/mol. The van der Waals surface area contributed by atoms with E-state index in [0.717, 1.165) is 4.88 Å². The van der Waals surface area contributed by atoms with E-state index < -0.39 is 5.97 Å². The van der Waals surface area contributed by atoms with E-state index in [4.69, 9.17) is 12.2 Å². The number of benzene rings is 1. The number of rotatable bonds is 7. The Morgan fingerprint density at radius 2 is 1.96 bits per heavy atom. The number of nitrogens with zero attached hydrogens (tertiary/aromatic N) is 1. The fourth-order valence-corrected chi connectivity index (χ4v) is 4.54. The molecule has 28 heavy (non-hydrogen) atoms. The van der Waals surface area contributed by atoms with Gasteiger partial charge in [0, 0.05) is 23.5 Å². The van der Waals surface area contributed by atoms with Crippen molar-refractivity contribution >= 4 is 69.2 Å². The second kappa shape index (κ2) is 9.13. The number of nitrogens with one attached hydrogen (secondary N) is 1. The summed E-state index contributed by atoms with van der Waals surface area (Å²) in [6.07, 6.45) is 2.50. The SMILES string of the molecule is O=C(CCCN1C(=O)/C(=C/c2cccs2)SC1=S)Nc1ccc(C(=O)[O-])cc1. The molecule has 1 fully saturated rings. The number of aromatic carboxylic acids is 1. The number of thioether (sulfide) groups is 1. The van der Waals surface area contributed by atoms with Crippen LogP contribution in [0.3, 0.4) is 0 Å². The predicted octanol–water partition coefficient (Wildman–Crippen LogP) is 2.73. The van der Waals surface area contributed by atoms with Gasteiger partial charge in [-0.15, -0.1) is 11.3 Å². The van der Waals surface area contributed by atoms with Crippen LogP contribution in [0.5, 0.6) is 0 Å². The van der Waals surface area contributed by atoms with E-state index >= 15 is 0 Å². The third-order valence-corrected chi connectivity index (χ3v) is 6.08. The van der Waals surface area contributed by atoms with E-state index in [1.165, 1.54) is 40.9 Å². The number of hydrogen-bond donors (Lipinski definition) is 1. The van der Waals surface area contributed by atoms with Crippen molar-refractivity contribution in [2.24, 2.45) is 0 Å². The molecule has 1 N–H and O–H groups in total. The molecule has 3 rings (SSSR count). The van der Waals surface area contributed by atoms with Gasteiger partial charge in [0.1, 0.15) is 4.32 Å². The molecule has 6 nitrogen and oxygen atoms in total. The van der Waals surface area contributed by atoms with Crippen LogP contribution < -0.4 is 10.4 Å². The lowest BCUT2D eigenvalue weighted by molar-refractivity contribution is -0.255. The fourth-order valence-electron chi connectivity index (χ4n) is 2.51. The molecule has 1 saturated heterocycles. The van der Waals surface area contributed by atoms with Crippen molar-refractivity contribution < 1.29 is 19.5 Å². The zero-order chi connectivity index (χ0) is 20.1. The zero-order valence-corrected chi connectivity index (χ0v) is 17.0. The lowest BCUT2D eigenvalue weighted by Gasteiger charge is -2.14. The summed E-state index contributed by atoms with van der Waals surface area (Å²) >= 11 is 8.10. The summed E-state index contributed by atoms with van der Waals surface area (Å²) in [5.41, 5.74) is 0.544. The number of anilines is 1. The third kappa shape index (κ3) is 5.06. The first-order chi connectivity index (χ1) is 13.4. The predicted molar refractivity (Wildman–Crippen MR) is 113 cm³/mol. The second-order valence-corrected chi connectivity index (χ2v) is 8.52. The first-order valence-corrected chi connectivity index (χ1v) is 10.4. The number of carbonyl (C=O) groups is 3. The van der Waals surface area contributed by atoms with Crippen LogP contribution in [0.25, 0.3) is 6.08 Å². The lowest BCUT2D eigenvalue weighted by atomic mass is 10.2. The van der Waals surface area contributed by atoms with Crippen molar-refractivity contribution in [3.63, 3.8) is 0 Å². The second-order valence-electron chi connectivity index (χ2n) is 5.87. The summed E-state index contributed by atoms with van der Waals surface area (Å²) in [6.45, 7) is 0.365. The molecule has 0 bridgehead atoms. The molecule has 1 aliphatic rings. The largest absolute Gasteiger partial charge is 0.545 e. The number of carbonyl (C=O) groups excluding carboxylic acids is 3. The van der Waals surface area contributed by atoms with Crippen LogP contribution in [-0.2, 0) is 9.59 Å². The Kier molecular flexibility index (Phi) is 6.61. The van der Waals surface area contributed by atoms with Crippen molar-refractivity contribution in [1.29, 1.82) is 0 Å². The minimum atomic E-state index is -1.27. The standard InChI is InChI=1S/C19H16N2O4S3/c22-16(20-13-7-5-12(6-8-13)18(24)25)4-1-9-21-17(23)15(28-19(21)26)11-14-3-2-10-27-14/h2-3,5-8,10-11H,1,4,9H2,(H,20,22)(H,24,25)/p-1/b15-11-. The summed E-state index contributed by atoms with van der Waals surface area (Å²) in [5.74, 6) is -1.63. The summed E-state index contributed by atoms with van der Waals surface area (Å²) in [6, 6.07) is 9.58. The molecule has 1 aromatic heterocycles. The highest BCUT2D eigenvalue weighted by Gasteiger charge is 2.31.